The summed E-state index contributed by atoms with van der Waals surface area (Å²) >= 11 is 0. The second-order valence-corrected chi connectivity index (χ2v) is 5.83. The number of nitrogens with zero attached hydrogens (tertiary/aromatic N) is 1. The Hall–Kier alpha value is -1.71. The van der Waals surface area contributed by atoms with Crippen molar-refractivity contribution in [3.05, 3.63) is 23.8 Å². The van der Waals surface area contributed by atoms with Crippen LogP contribution in [-0.2, 0) is 0 Å². The van der Waals surface area contributed by atoms with Gasteiger partial charge in [-0.05, 0) is 36.5 Å². The Morgan fingerprint density at radius 3 is 2.30 bits per heavy atom. The van der Waals surface area contributed by atoms with Gasteiger partial charge in [0.05, 0.1) is 11.4 Å². The molecule has 110 valence electrons. The molecule has 0 saturated carbocycles. The molecule has 1 amide bonds. The number of piperidine rings is 1. The number of benzene rings is 1. The summed E-state index contributed by atoms with van der Waals surface area (Å²) in [4.78, 5) is 13.5. The molecule has 1 aliphatic rings. The van der Waals surface area contributed by atoms with E-state index < -0.39 is 5.91 Å². The smallest absolute Gasteiger partial charge is 0.248 e. The van der Waals surface area contributed by atoms with Crippen LogP contribution in [0.2, 0.25) is 0 Å². The summed E-state index contributed by atoms with van der Waals surface area (Å²) < 4.78 is 0. The molecule has 1 fully saturated rings. The Balaban J connectivity index is 2.13. The van der Waals surface area contributed by atoms with Crippen molar-refractivity contribution in [3.8, 4) is 0 Å². The summed E-state index contributed by atoms with van der Waals surface area (Å²) in [5.74, 6) is -0.433. The van der Waals surface area contributed by atoms with E-state index in [2.05, 4.69) is 18.7 Å². The largest absolute Gasteiger partial charge is 0.397 e. The van der Waals surface area contributed by atoms with Crippen molar-refractivity contribution in [1.29, 1.82) is 0 Å². The minimum atomic E-state index is -0.433. The zero-order valence-electron chi connectivity index (χ0n) is 12.5. The van der Waals surface area contributed by atoms with Gasteiger partial charge in [0.15, 0.2) is 0 Å². The van der Waals surface area contributed by atoms with Crippen LogP contribution in [0.15, 0.2) is 18.2 Å². The van der Waals surface area contributed by atoms with Crippen LogP contribution in [0.3, 0.4) is 0 Å². The molecule has 0 bridgehead atoms. The maximum absolute atomic E-state index is 11.2. The third-order valence-corrected chi connectivity index (χ3v) is 4.98. The summed E-state index contributed by atoms with van der Waals surface area (Å²) in [6.45, 7) is 6.63. The van der Waals surface area contributed by atoms with Crippen molar-refractivity contribution in [2.45, 2.75) is 39.5 Å². The Morgan fingerprint density at radius 1 is 1.25 bits per heavy atom. The van der Waals surface area contributed by atoms with Crippen molar-refractivity contribution < 1.29 is 4.79 Å². The first-order chi connectivity index (χ1) is 9.51. The molecule has 0 unspecified atom stereocenters. The lowest BCUT2D eigenvalue weighted by Crippen LogP contribution is -2.40. The van der Waals surface area contributed by atoms with Gasteiger partial charge in [0.2, 0.25) is 5.91 Å². The topological polar surface area (TPSA) is 72.3 Å². The Kier molecular flexibility index (Phi) is 4.21. The Morgan fingerprint density at radius 2 is 1.85 bits per heavy atom. The van der Waals surface area contributed by atoms with Gasteiger partial charge >= 0.3 is 0 Å². The normalized spacial score (nSPS) is 18.0. The molecule has 1 heterocycles. The molecule has 0 atom stereocenters. The van der Waals surface area contributed by atoms with Gasteiger partial charge in [0.1, 0.15) is 0 Å². The molecule has 0 radical (unpaired) electrons. The maximum Gasteiger partial charge on any atom is 0.248 e. The standard InChI is InChI=1S/C16H25N3O/c1-3-16(4-2)7-9-19(10-8-16)14-6-5-12(15(18)20)11-13(14)17/h5-6,11H,3-4,7-10,17H2,1-2H3,(H2,18,20). The molecule has 4 N–H and O–H groups in total. The van der Waals surface area contributed by atoms with Gasteiger partial charge in [-0.15, -0.1) is 0 Å². The first-order valence-corrected chi connectivity index (χ1v) is 7.45. The number of carbonyl (C=O) groups is 1. The number of hydrogen-bond donors (Lipinski definition) is 2. The number of rotatable bonds is 4. The van der Waals surface area contributed by atoms with Gasteiger partial charge in [-0.25, -0.2) is 0 Å². The summed E-state index contributed by atoms with van der Waals surface area (Å²) in [5, 5.41) is 0. The van der Waals surface area contributed by atoms with Crippen LogP contribution in [0.5, 0.6) is 0 Å². The second-order valence-electron chi connectivity index (χ2n) is 5.83. The number of amides is 1. The van der Waals surface area contributed by atoms with E-state index in [0.29, 0.717) is 16.7 Å². The molecule has 0 aliphatic carbocycles. The SMILES string of the molecule is CCC1(CC)CCN(c2ccc(C(N)=O)cc2N)CC1. The van der Waals surface area contributed by atoms with Crippen molar-refractivity contribution in [2.75, 3.05) is 23.7 Å². The molecule has 1 aliphatic heterocycles. The summed E-state index contributed by atoms with van der Waals surface area (Å²) in [6, 6.07) is 5.36. The monoisotopic (exact) mass is 275 g/mol. The number of nitrogens with two attached hydrogens (primary N) is 2. The van der Waals surface area contributed by atoms with E-state index in [9.17, 15) is 4.79 Å². The number of primary amides is 1. The lowest BCUT2D eigenvalue weighted by atomic mass is 9.74. The van der Waals surface area contributed by atoms with Crippen molar-refractivity contribution >= 4 is 17.3 Å². The molecule has 4 nitrogen and oxygen atoms in total. The predicted molar refractivity (Wildman–Crippen MR) is 83.8 cm³/mol. The summed E-state index contributed by atoms with van der Waals surface area (Å²) in [7, 11) is 0. The highest BCUT2D eigenvalue weighted by Gasteiger charge is 2.31. The van der Waals surface area contributed by atoms with Crippen molar-refractivity contribution in [1.82, 2.24) is 0 Å². The fourth-order valence-electron chi connectivity index (χ4n) is 3.17. The highest BCUT2D eigenvalue weighted by molar-refractivity contribution is 5.94. The van der Waals surface area contributed by atoms with E-state index in [-0.39, 0.29) is 0 Å². The van der Waals surface area contributed by atoms with Gasteiger partial charge in [0.25, 0.3) is 0 Å². The summed E-state index contributed by atoms with van der Waals surface area (Å²) in [5.41, 5.74) is 14.0. The molecule has 20 heavy (non-hydrogen) atoms. The fraction of sp³-hybridized carbons (Fsp3) is 0.562. The highest BCUT2D eigenvalue weighted by atomic mass is 16.1. The maximum atomic E-state index is 11.2. The fourth-order valence-corrected chi connectivity index (χ4v) is 3.17. The lowest BCUT2D eigenvalue weighted by Gasteiger charge is -2.42. The lowest BCUT2D eigenvalue weighted by molar-refractivity contribution is 0.100. The minimum Gasteiger partial charge on any atom is -0.397 e. The molecule has 1 saturated heterocycles. The van der Waals surface area contributed by atoms with Crippen LogP contribution < -0.4 is 16.4 Å². The molecule has 0 aromatic heterocycles. The van der Waals surface area contributed by atoms with Crippen molar-refractivity contribution in [3.63, 3.8) is 0 Å². The molecule has 1 aromatic carbocycles. The average molecular weight is 275 g/mol. The quantitative estimate of drug-likeness (QED) is 0.830. The number of anilines is 2. The molecule has 0 spiro atoms. The Labute approximate surface area is 121 Å². The van der Waals surface area contributed by atoms with E-state index in [1.54, 1.807) is 12.1 Å². The van der Waals surface area contributed by atoms with Crippen molar-refractivity contribution in [2.24, 2.45) is 11.1 Å². The Bertz CT molecular complexity index is 484. The third kappa shape index (κ3) is 2.74. The van der Waals surface area contributed by atoms with E-state index in [1.807, 2.05) is 6.07 Å². The van der Waals surface area contributed by atoms with Crippen LogP contribution in [0.25, 0.3) is 0 Å². The van der Waals surface area contributed by atoms with Gasteiger partial charge in [-0.2, -0.15) is 0 Å². The highest BCUT2D eigenvalue weighted by Crippen LogP contribution is 2.40. The molecule has 1 aromatic rings. The van der Waals surface area contributed by atoms with Crippen LogP contribution in [0.1, 0.15) is 49.9 Å². The molecular weight excluding hydrogens is 250 g/mol. The van der Waals surface area contributed by atoms with E-state index in [0.717, 1.165) is 18.8 Å². The number of nitrogen functional groups attached to an aromatic ring is 1. The van der Waals surface area contributed by atoms with Crippen LogP contribution in [0, 0.1) is 5.41 Å². The van der Waals surface area contributed by atoms with E-state index in [4.69, 9.17) is 11.5 Å². The number of hydrogen-bond acceptors (Lipinski definition) is 3. The first-order valence-electron chi connectivity index (χ1n) is 7.45. The van der Waals surface area contributed by atoms with Gasteiger partial charge in [0, 0.05) is 18.7 Å². The molecule has 4 heteroatoms. The van der Waals surface area contributed by atoms with Gasteiger partial charge in [-0.1, -0.05) is 26.7 Å². The molecular formula is C16H25N3O. The number of carbonyl (C=O) groups excluding carboxylic acids is 1. The van der Waals surface area contributed by atoms with E-state index in [1.165, 1.54) is 25.7 Å². The second kappa shape index (κ2) is 5.73. The van der Waals surface area contributed by atoms with Gasteiger partial charge in [-0.3, -0.25) is 4.79 Å². The zero-order chi connectivity index (χ0) is 14.8. The minimum absolute atomic E-state index is 0.433. The van der Waals surface area contributed by atoms with Crippen LogP contribution in [0.4, 0.5) is 11.4 Å². The van der Waals surface area contributed by atoms with Crippen LogP contribution >= 0.6 is 0 Å². The van der Waals surface area contributed by atoms with Crippen LogP contribution in [-0.4, -0.2) is 19.0 Å². The average Bonchev–Trinajstić information content (AvgIpc) is 2.47. The van der Waals surface area contributed by atoms with E-state index >= 15 is 0 Å². The predicted octanol–water partition coefficient (Wildman–Crippen LogP) is 2.77. The zero-order valence-corrected chi connectivity index (χ0v) is 12.5. The molecule has 2 rings (SSSR count). The van der Waals surface area contributed by atoms with Gasteiger partial charge < -0.3 is 16.4 Å². The summed E-state index contributed by atoms with van der Waals surface area (Å²) in [6.07, 6.45) is 4.90. The first kappa shape index (κ1) is 14.7. The third-order valence-electron chi connectivity index (χ3n) is 4.98.